The van der Waals surface area contributed by atoms with E-state index >= 15 is 0 Å². The lowest BCUT2D eigenvalue weighted by atomic mass is 10.3. The summed E-state index contributed by atoms with van der Waals surface area (Å²) in [5.74, 6) is -0.602. The number of ether oxygens (including phenoxy) is 1. The molecule has 0 aromatic heterocycles. The normalized spacial score (nSPS) is 25.7. The number of rotatable bonds is 4. The molecular weight excluding hydrogens is 304 g/mol. The van der Waals surface area contributed by atoms with Gasteiger partial charge in [0.1, 0.15) is 0 Å². The lowest BCUT2D eigenvalue weighted by Crippen LogP contribution is -2.25. The first-order valence-electron chi connectivity index (χ1n) is 5.38. The quantitative estimate of drug-likeness (QED) is 0.211. The minimum atomic E-state index is -1.60. The van der Waals surface area contributed by atoms with E-state index in [2.05, 4.69) is 15.9 Å². The number of carbonyl (C=O) groups excluding carboxylic acids is 1. The topological polar surface area (TPSA) is 72.5 Å². The van der Waals surface area contributed by atoms with Gasteiger partial charge in [-0.3, -0.25) is 15.0 Å². The number of benzene rings is 1. The summed E-state index contributed by atoms with van der Waals surface area (Å²) in [6, 6.07) is 7.79. The molecule has 2 unspecified atom stereocenters. The number of para-hydroxylation sites is 1. The molecule has 1 aliphatic heterocycles. The lowest BCUT2D eigenvalue weighted by molar-refractivity contribution is -0.506. The van der Waals surface area contributed by atoms with Crippen LogP contribution in [-0.4, -0.2) is 28.1 Å². The first-order valence-corrected chi connectivity index (χ1v) is 6.17. The largest absolute Gasteiger partial charge is 0.464 e. The van der Waals surface area contributed by atoms with Crippen LogP contribution in [0.1, 0.15) is 6.92 Å². The average Bonchev–Trinajstić information content (AvgIpc) is 2.99. The van der Waals surface area contributed by atoms with Crippen molar-refractivity contribution < 1.29 is 14.5 Å². The molecule has 1 aliphatic rings. The van der Waals surface area contributed by atoms with Crippen LogP contribution in [0.15, 0.2) is 30.3 Å². The van der Waals surface area contributed by atoms with Crippen LogP contribution in [0.5, 0.6) is 0 Å². The predicted octanol–water partition coefficient (Wildman–Crippen LogP) is 1.76. The maximum Gasteiger partial charge on any atom is 0.383 e. The zero-order valence-electron chi connectivity index (χ0n) is 9.58. The second-order valence-corrected chi connectivity index (χ2v) is 4.92. The SMILES string of the molecule is CCOC(=O)C1N(c2ccccc2)C1(Br)[N+](=O)[O-]. The van der Waals surface area contributed by atoms with Gasteiger partial charge in [-0.05, 0) is 19.1 Å². The summed E-state index contributed by atoms with van der Waals surface area (Å²) in [7, 11) is 0. The number of alkyl halides is 1. The zero-order chi connectivity index (χ0) is 13.3. The van der Waals surface area contributed by atoms with Gasteiger partial charge >= 0.3 is 10.5 Å². The molecule has 2 rings (SSSR count). The third-order valence-electron chi connectivity index (χ3n) is 2.68. The highest BCUT2D eigenvalue weighted by atomic mass is 79.9. The highest BCUT2D eigenvalue weighted by molar-refractivity contribution is 9.10. The van der Waals surface area contributed by atoms with E-state index in [1.165, 1.54) is 4.90 Å². The van der Waals surface area contributed by atoms with Crippen LogP contribution in [0.2, 0.25) is 0 Å². The minimum Gasteiger partial charge on any atom is -0.464 e. The van der Waals surface area contributed by atoms with Crippen LogP contribution in [-0.2, 0) is 9.53 Å². The number of hydrogen-bond acceptors (Lipinski definition) is 5. The summed E-state index contributed by atoms with van der Waals surface area (Å²) < 4.78 is 3.25. The van der Waals surface area contributed by atoms with Crippen molar-refractivity contribution in [3.8, 4) is 0 Å². The smallest absolute Gasteiger partial charge is 0.383 e. The summed E-state index contributed by atoms with van der Waals surface area (Å²) >= 11 is 3.02. The van der Waals surface area contributed by atoms with Gasteiger partial charge < -0.3 is 4.74 Å². The molecule has 1 aromatic rings. The van der Waals surface area contributed by atoms with Crippen LogP contribution < -0.4 is 4.90 Å². The molecule has 7 heteroatoms. The van der Waals surface area contributed by atoms with Crippen molar-refractivity contribution in [3.05, 3.63) is 40.4 Å². The molecule has 2 atom stereocenters. The summed E-state index contributed by atoms with van der Waals surface area (Å²) in [6.45, 7) is 1.86. The molecule has 0 radical (unpaired) electrons. The zero-order valence-corrected chi connectivity index (χ0v) is 11.2. The van der Waals surface area contributed by atoms with Crippen LogP contribution >= 0.6 is 15.9 Å². The fourth-order valence-corrected chi connectivity index (χ4v) is 2.54. The van der Waals surface area contributed by atoms with E-state index in [4.69, 9.17) is 4.74 Å². The van der Waals surface area contributed by atoms with E-state index in [-0.39, 0.29) is 6.61 Å². The Bertz CT molecular complexity index is 481. The third kappa shape index (κ3) is 1.84. The molecule has 0 bridgehead atoms. The maximum atomic E-state index is 11.7. The molecular formula is C11H11BrN2O4. The molecule has 1 aromatic carbocycles. The Labute approximate surface area is 112 Å². The van der Waals surface area contributed by atoms with Crippen LogP contribution in [0.4, 0.5) is 5.69 Å². The molecule has 0 N–H and O–H groups in total. The van der Waals surface area contributed by atoms with Crippen molar-refractivity contribution in [1.82, 2.24) is 0 Å². The maximum absolute atomic E-state index is 11.7. The highest BCUT2D eigenvalue weighted by Crippen LogP contribution is 2.50. The van der Waals surface area contributed by atoms with Gasteiger partial charge in [0.05, 0.1) is 11.5 Å². The van der Waals surface area contributed by atoms with E-state index in [0.717, 1.165) is 0 Å². The number of hydrogen-bond donors (Lipinski definition) is 0. The van der Waals surface area contributed by atoms with E-state index in [1.807, 2.05) is 0 Å². The van der Waals surface area contributed by atoms with Gasteiger partial charge in [-0.25, -0.2) is 4.79 Å². The molecule has 96 valence electrons. The minimum absolute atomic E-state index is 0.193. The summed E-state index contributed by atoms with van der Waals surface area (Å²) in [5, 5.41) is 11.1. The fourth-order valence-electron chi connectivity index (χ4n) is 1.84. The Hall–Kier alpha value is -1.63. The molecule has 0 saturated carbocycles. The molecule has 1 fully saturated rings. The average molecular weight is 315 g/mol. The van der Waals surface area contributed by atoms with E-state index in [0.29, 0.717) is 5.69 Å². The van der Waals surface area contributed by atoms with Crippen LogP contribution in [0.3, 0.4) is 0 Å². The van der Waals surface area contributed by atoms with Crippen molar-refractivity contribution in [1.29, 1.82) is 0 Å². The van der Waals surface area contributed by atoms with Crippen LogP contribution in [0.25, 0.3) is 0 Å². The second-order valence-electron chi connectivity index (χ2n) is 3.75. The van der Waals surface area contributed by atoms with Crippen LogP contribution in [0, 0.1) is 10.1 Å². The molecule has 18 heavy (non-hydrogen) atoms. The van der Waals surface area contributed by atoms with Crippen molar-refractivity contribution in [2.75, 3.05) is 11.5 Å². The number of carbonyl (C=O) groups is 1. The monoisotopic (exact) mass is 314 g/mol. The van der Waals surface area contributed by atoms with E-state index in [1.54, 1.807) is 37.3 Å². The Kier molecular flexibility index (Phi) is 3.25. The van der Waals surface area contributed by atoms with Gasteiger partial charge in [0.15, 0.2) is 0 Å². The Morgan fingerprint density at radius 3 is 2.67 bits per heavy atom. The standard InChI is InChI=1S/C11H11BrN2O4/c1-2-18-10(15)9-11(12,14(16)17)13(9)8-6-4-3-5-7-8/h3-7,9H,2H2,1H3. The second kappa shape index (κ2) is 4.56. The van der Waals surface area contributed by atoms with Gasteiger partial charge in [-0.2, -0.15) is 0 Å². The van der Waals surface area contributed by atoms with Gasteiger partial charge in [0, 0.05) is 21.6 Å². The first-order chi connectivity index (χ1) is 8.53. The Morgan fingerprint density at radius 1 is 1.56 bits per heavy atom. The molecule has 0 amide bonds. The highest BCUT2D eigenvalue weighted by Gasteiger charge is 2.78. The fraction of sp³-hybridized carbons (Fsp3) is 0.364. The van der Waals surface area contributed by atoms with Crippen molar-refractivity contribution in [2.24, 2.45) is 0 Å². The lowest BCUT2D eigenvalue weighted by Gasteiger charge is -2.03. The van der Waals surface area contributed by atoms with Gasteiger partial charge in [0.25, 0.3) is 0 Å². The number of halogens is 1. The Morgan fingerprint density at radius 2 is 2.17 bits per heavy atom. The number of esters is 1. The summed E-state index contributed by atoms with van der Waals surface area (Å²) in [6.07, 6.45) is 0. The predicted molar refractivity (Wildman–Crippen MR) is 68.0 cm³/mol. The number of nitro groups is 1. The van der Waals surface area contributed by atoms with Gasteiger partial charge in [0.2, 0.25) is 6.04 Å². The van der Waals surface area contributed by atoms with E-state index < -0.39 is 21.5 Å². The molecule has 6 nitrogen and oxygen atoms in total. The molecule has 0 spiro atoms. The number of nitrogens with zero attached hydrogens (tertiary/aromatic N) is 2. The molecule has 1 heterocycles. The Balaban J connectivity index is 2.30. The first kappa shape index (κ1) is 12.8. The van der Waals surface area contributed by atoms with E-state index in [9.17, 15) is 14.9 Å². The third-order valence-corrected chi connectivity index (χ3v) is 3.78. The van der Waals surface area contributed by atoms with Gasteiger partial charge in [-0.1, -0.05) is 18.2 Å². The molecule has 0 aliphatic carbocycles. The van der Waals surface area contributed by atoms with Crippen molar-refractivity contribution >= 4 is 27.6 Å². The summed E-state index contributed by atoms with van der Waals surface area (Å²) in [5.41, 5.74) is 0.601. The van der Waals surface area contributed by atoms with Crippen molar-refractivity contribution in [3.63, 3.8) is 0 Å². The van der Waals surface area contributed by atoms with Crippen molar-refractivity contribution in [2.45, 2.75) is 17.5 Å². The summed E-state index contributed by atoms with van der Waals surface area (Å²) in [4.78, 5) is 23.7. The van der Waals surface area contributed by atoms with Gasteiger partial charge in [-0.15, -0.1) is 0 Å². The molecule has 1 saturated heterocycles. The number of anilines is 1.